The molecule has 0 saturated carbocycles. The number of carbonyl (C=O) groups excluding carboxylic acids is 1. The first kappa shape index (κ1) is 24.1. The van der Waals surface area contributed by atoms with Gasteiger partial charge in [-0.25, -0.2) is 8.78 Å². The van der Waals surface area contributed by atoms with Crippen LogP contribution in [0.2, 0.25) is 0 Å². The molecule has 9 heteroatoms. The molecular formula is C23H24F5NO3. The quantitative estimate of drug-likeness (QED) is 0.630. The number of hydrogen-bond donors (Lipinski definition) is 1. The number of benzene rings is 2. The highest BCUT2D eigenvalue weighted by molar-refractivity contribution is 5.82. The Morgan fingerprint density at radius 2 is 1.84 bits per heavy atom. The van der Waals surface area contributed by atoms with Gasteiger partial charge in [0.05, 0.1) is 31.5 Å². The van der Waals surface area contributed by atoms with E-state index in [4.69, 9.17) is 9.47 Å². The smallest absolute Gasteiger partial charge is 0.374 e. The number of ether oxygens (including phenoxy) is 2. The molecule has 1 saturated heterocycles. The first-order valence-electron chi connectivity index (χ1n) is 10.0. The second kappa shape index (κ2) is 9.15. The molecule has 3 rings (SSSR count). The summed E-state index contributed by atoms with van der Waals surface area (Å²) < 4.78 is 78.9. The summed E-state index contributed by atoms with van der Waals surface area (Å²) in [5.41, 5.74) is -2.29. The first-order valence-corrected chi connectivity index (χ1v) is 10.0. The molecule has 32 heavy (non-hydrogen) atoms. The summed E-state index contributed by atoms with van der Waals surface area (Å²) in [5.74, 6) is -4.18. The lowest BCUT2D eigenvalue weighted by Gasteiger charge is -2.52. The minimum Gasteiger partial charge on any atom is -0.374 e. The fourth-order valence-electron chi connectivity index (χ4n) is 4.05. The van der Waals surface area contributed by atoms with Crippen molar-refractivity contribution >= 4 is 5.91 Å². The molecule has 2 aromatic carbocycles. The van der Waals surface area contributed by atoms with Gasteiger partial charge in [0, 0.05) is 11.6 Å². The molecule has 0 aliphatic carbocycles. The lowest BCUT2D eigenvalue weighted by Crippen LogP contribution is -2.64. The number of nitrogens with one attached hydrogen (secondary N) is 1. The molecule has 2 atom stereocenters. The number of alkyl halides is 3. The van der Waals surface area contributed by atoms with Crippen LogP contribution in [0.25, 0.3) is 0 Å². The maximum absolute atomic E-state index is 14.7. The van der Waals surface area contributed by atoms with Crippen LogP contribution in [0.4, 0.5) is 22.0 Å². The van der Waals surface area contributed by atoms with Crippen LogP contribution in [0, 0.1) is 17.0 Å². The van der Waals surface area contributed by atoms with Crippen molar-refractivity contribution in [2.75, 3.05) is 13.2 Å². The van der Waals surface area contributed by atoms with E-state index in [0.29, 0.717) is 12.7 Å². The topological polar surface area (TPSA) is 47.6 Å². The molecule has 1 heterocycles. The summed E-state index contributed by atoms with van der Waals surface area (Å²) in [5, 5.41) is 1.95. The molecule has 174 valence electrons. The van der Waals surface area contributed by atoms with Gasteiger partial charge < -0.3 is 14.8 Å². The highest BCUT2D eigenvalue weighted by atomic mass is 19.4. The van der Waals surface area contributed by atoms with Crippen molar-refractivity contribution in [1.29, 1.82) is 0 Å². The van der Waals surface area contributed by atoms with Gasteiger partial charge in [-0.15, -0.1) is 0 Å². The zero-order valence-electron chi connectivity index (χ0n) is 17.6. The summed E-state index contributed by atoms with van der Waals surface area (Å²) in [4.78, 5) is 11.9. The summed E-state index contributed by atoms with van der Waals surface area (Å²) >= 11 is 0. The maximum atomic E-state index is 14.7. The Morgan fingerprint density at radius 1 is 1.16 bits per heavy atom. The normalized spacial score (nSPS) is 23.0. The van der Waals surface area contributed by atoms with Crippen LogP contribution < -0.4 is 5.32 Å². The summed E-state index contributed by atoms with van der Waals surface area (Å²) in [6.07, 6.45) is -5.51. The second-order valence-corrected chi connectivity index (χ2v) is 8.50. The zero-order valence-corrected chi connectivity index (χ0v) is 17.6. The molecule has 0 spiro atoms. The van der Waals surface area contributed by atoms with Crippen LogP contribution in [0.15, 0.2) is 48.5 Å². The van der Waals surface area contributed by atoms with Gasteiger partial charge in [-0.3, -0.25) is 4.79 Å². The van der Waals surface area contributed by atoms with Gasteiger partial charge in [0.15, 0.2) is 0 Å². The van der Waals surface area contributed by atoms with E-state index in [1.807, 2.05) is 35.6 Å². The van der Waals surface area contributed by atoms with Crippen molar-refractivity contribution < 1.29 is 36.2 Å². The van der Waals surface area contributed by atoms with Gasteiger partial charge in [-0.2, -0.15) is 13.2 Å². The summed E-state index contributed by atoms with van der Waals surface area (Å²) in [6.45, 7) is 3.26. The van der Waals surface area contributed by atoms with Crippen LogP contribution in [0.3, 0.4) is 0 Å². The van der Waals surface area contributed by atoms with Crippen LogP contribution >= 0.6 is 0 Å². The third-order valence-electron chi connectivity index (χ3n) is 5.82. The lowest BCUT2D eigenvalue weighted by atomic mass is 9.64. The van der Waals surface area contributed by atoms with Crippen molar-refractivity contribution in [2.24, 2.45) is 5.41 Å². The second-order valence-electron chi connectivity index (χ2n) is 8.50. The van der Waals surface area contributed by atoms with Crippen molar-refractivity contribution in [1.82, 2.24) is 5.32 Å². The Kier molecular flexibility index (Phi) is 6.90. The van der Waals surface area contributed by atoms with E-state index >= 15 is 0 Å². The van der Waals surface area contributed by atoms with Gasteiger partial charge in [-0.1, -0.05) is 50.2 Å². The number of amides is 1. The zero-order chi connectivity index (χ0) is 23.6. The van der Waals surface area contributed by atoms with Crippen molar-refractivity contribution in [2.45, 2.75) is 44.7 Å². The number of carbonyl (C=O) groups is 1. The maximum Gasteiger partial charge on any atom is 0.471 e. The van der Waals surface area contributed by atoms with E-state index in [1.54, 1.807) is 13.8 Å². The largest absolute Gasteiger partial charge is 0.471 e. The predicted octanol–water partition coefficient (Wildman–Crippen LogP) is 4.87. The molecular weight excluding hydrogens is 433 g/mol. The van der Waals surface area contributed by atoms with E-state index < -0.39 is 47.4 Å². The van der Waals surface area contributed by atoms with E-state index in [1.165, 1.54) is 0 Å². The van der Waals surface area contributed by atoms with Gasteiger partial charge >= 0.3 is 12.1 Å². The lowest BCUT2D eigenvalue weighted by molar-refractivity contribution is -0.186. The van der Waals surface area contributed by atoms with Crippen molar-refractivity contribution in [3.8, 4) is 0 Å². The van der Waals surface area contributed by atoms with E-state index in [-0.39, 0.29) is 18.6 Å². The van der Waals surface area contributed by atoms with Gasteiger partial charge in [0.1, 0.15) is 11.6 Å². The molecule has 0 radical (unpaired) electrons. The highest BCUT2D eigenvalue weighted by Crippen LogP contribution is 2.48. The Hall–Kier alpha value is -2.52. The first-order chi connectivity index (χ1) is 14.9. The molecule has 0 unspecified atom stereocenters. The minimum absolute atomic E-state index is 0.160. The van der Waals surface area contributed by atoms with E-state index in [9.17, 15) is 26.7 Å². The average molecular weight is 457 g/mol. The van der Waals surface area contributed by atoms with Crippen molar-refractivity contribution in [3.63, 3.8) is 0 Å². The monoisotopic (exact) mass is 457 g/mol. The summed E-state index contributed by atoms with van der Waals surface area (Å²) in [6, 6.07) is 11.9. The molecule has 1 fully saturated rings. The number of rotatable bonds is 6. The van der Waals surface area contributed by atoms with Crippen LogP contribution in [-0.2, 0) is 26.4 Å². The Labute approximate surface area is 182 Å². The average Bonchev–Trinajstić information content (AvgIpc) is 2.70. The van der Waals surface area contributed by atoms with Crippen LogP contribution in [0.5, 0.6) is 0 Å². The molecule has 2 aromatic rings. The molecule has 1 aliphatic heterocycles. The van der Waals surface area contributed by atoms with E-state index in [0.717, 1.165) is 17.7 Å². The molecule has 0 aromatic heterocycles. The third kappa shape index (κ3) is 5.10. The third-order valence-corrected chi connectivity index (χ3v) is 5.82. The summed E-state index contributed by atoms with van der Waals surface area (Å²) in [7, 11) is 0. The fourth-order valence-corrected chi connectivity index (χ4v) is 4.05. The minimum atomic E-state index is -5.19. The predicted molar refractivity (Wildman–Crippen MR) is 106 cm³/mol. The molecule has 4 nitrogen and oxygen atoms in total. The fraction of sp³-hybridized carbons (Fsp3) is 0.435. The standard InChI is InChI=1S/C23H24F5NO3/c1-21(2)11-17(13-31-12-15-6-4-3-5-7-15)32-14-22(21,29-20(30)23(26,27)28)18-9-8-16(24)10-19(18)25/h3-10,17H,11-14H2,1-2H3,(H,29,30)/t17-,22-/m1/s1. The molecule has 1 N–H and O–H groups in total. The van der Waals surface area contributed by atoms with Crippen LogP contribution in [0.1, 0.15) is 31.4 Å². The highest BCUT2D eigenvalue weighted by Gasteiger charge is 2.56. The van der Waals surface area contributed by atoms with Gasteiger partial charge in [0.25, 0.3) is 0 Å². The molecule has 0 bridgehead atoms. The number of hydrogen-bond acceptors (Lipinski definition) is 3. The van der Waals surface area contributed by atoms with Crippen LogP contribution in [-0.4, -0.2) is 31.4 Å². The Morgan fingerprint density at radius 3 is 2.44 bits per heavy atom. The van der Waals surface area contributed by atoms with Gasteiger partial charge in [-0.05, 0) is 23.5 Å². The van der Waals surface area contributed by atoms with E-state index in [2.05, 4.69) is 0 Å². The molecule has 1 aliphatic rings. The number of halogens is 5. The molecule has 1 amide bonds. The van der Waals surface area contributed by atoms with Crippen molar-refractivity contribution in [3.05, 3.63) is 71.3 Å². The Balaban J connectivity index is 1.83. The van der Waals surface area contributed by atoms with Gasteiger partial charge in [0.2, 0.25) is 0 Å². The SMILES string of the molecule is CC1(C)C[C@H](COCc2ccccc2)OC[C@@]1(NC(=O)C(F)(F)F)c1ccc(F)cc1F. The Bertz CT molecular complexity index is 948.